The van der Waals surface area contributed by atoms with Crippen LogP contribution in [0.2, 0.25) is 0 Å². The number of carbonyl (C=O) groups excluding carboxylic acids is 1. The van der Waals surface area contributed by atoms with Gasteiger partial charge in [0.2, 0.25) is 5.95 Å². The third-order valence-corrected chi connectivity index (χ3v) is 6.15. The van der Waals surface area contributed by atoms with Gasteiger partial charge in [0.1, 0.15) is 6.04 Å². The van der Waals surface area contributed by atoms with Crippen LogP contribution in [0.4, 0.5) is 11.6 Å². The molecule has 5 rings (SSSR count). The fourth-order valence-electron chi connectivity index (χ4n) is 3.94. The Morgan fingerprint density at radius 3 is 2.36 bits per heavy atom. The number of aryl methyl sites for hydroxylation is 1. The maximum absolute atomic E-state index is 13.5. The highest BCUT2D eigenvalue weighted by molar-refractivity contribution is 9.10. The van der Waals surface area contributed by atoms with E-state index in [0.717, 1.165) is 27.0 Å². The number of allylic oxidation sites excluding steroid dienone is 1. The minimum atomic E-state index is -0.426. The summed E-state index contributed by atoms with van der Waals surface area (Å²) in [4.78, 5) is 18.2. The largest absolute Gasteiger partial charge is 0.328 e. The van der Waals surface area contributed by atoms with Crippen LogP contribution in [0.25, 0.3) is 11.4 Å². The second-order valence-corrected chi connectivity index (χ2v) is 8.92. The van der Waals surface area contributed by atoms with Gasteiger partial charge in [-0.2, -0.15) is 4.98 Å². The van der Waals surface area contributed by atoms with Gasteiger partial charge in [0.15, 0.2) is 5.82 Å². The molecule has 7 heteroatoms. The van der Waals surface area contributed by atoms with E-state index >= 15 is 0 Å². The van der Waals surface area contributed by atoms with Crippen molar-refractivity contribution < 1.29 is 4.79 Å². The van der Waals surface area contributed by atoms with Crippen LogP contribution in [0.3, 0.4) is 0 Å². The van der Waals surface area contributed by atoms with E-state index in [1.165, 1.54) is 5.56 Å². The van der Waals surface area contributed by atoms with Crippen molar-refractivity contribution in [1.29, 1.82) is 0 Å². The van der Waals surface area contributed by atoms with E-state index in [4.69, 9.17) is 10.1 Å². The molecule has 2 heterocycles. The summed E-state index contributed by atoms with van der Waals surface area (Å²) in [5.41, 5.74) is 5.11. The first-order valence-electron chi connectivity index (χ1n) is 10.6. The average molecular weight is 500 g/mol. The lowest BCUT2D eigenvalue weighted by molar-refractivity contribution is -0.113. The molecule has 0 saturated carbocycles. The van der Waals surface area contributed by atoms with Gasteiger partial charge in [-0.25, -0.2) is 4.68 Å². The van der Waals surface area contributed by atoms with Crippen molar-refractivity contribution >= 4 is 33.5 Å². The number of anilines is 2. The Morgan fingerprint density at radius 2 is 1.67 bits per heavy atom. The van der Waals surface area contributed by atoms with Crippen molar-refractivity contribution in [1.82, 2.24) is 14.8 Å². The van der Waals surface area contributed by atoms with Crippen LogP contribution in [0.15, 0.2) is 94.6 Å². The molecule has 0 fully saturated rings. The van der Waals surface area contributed by atoms with E-state index in [9.17, 15) is 4.79 Å². The molecule has 4 aromatic rings. The lowest BCUT2D eigenvalue weighted by Gasteiger charge is -2.28. The van der Waals surface area contributed by atoms with Gasteiger partial charge in [0.25, 0.3) is 5.91 Å². The number of nitrogens with one attached hydrogen (secondary N) is 2. The summed E-state index contributed by atoms with van der Waals surface area (Å²) in [6, 6.07) is 25.1. The molecule has 2 N–H and O–H groups in total. The number of para-hydroxylation sites is 1. The van der Waals surface area contributed by atoms with Gasteiger partial charge in [-0.15, -0.1) is 5.10 Å². The van der Waals surface area contributed by atoms with Crippen LogP contribution in [-0.2, 0) is 4.79 Å². The Bertz CT molecular complexity index is 1340. The summed E-state index contributed by atoms with van der Waals surface area (Å²) in [5.74, 6) is 1.03. The summed E-state index contributed by atoms with van der Waals surface area (Å²) < 4.78 is 2.76. The molecule has 1 aliphatic rings. The van der Waals surface area contributed by atoms with Gasteiger partial charge in [0, 0.05) is 21.4 Å². The first-order chi connectivity index (χ1) is 16.0. The van der Waals surface area contributed by atoms with Crippen molar-refractivity contribution in [3.8, 4) is 11.4 Å². The predicted molar refractivity (Wildman–Crippen MR) is 134 cm³/mol. The summed E-state index contributed by atoms with van der Waals surface area (Å²) in [6.07, 6.45) is 0. The molecule has 1 unspecified atom stereocenters. The third-order valence-electron chi connectivity index (χ3n) is 5.62. The highest BCUT2D eigenvalue weighted by Gasteiger charge is 2.34. The highest BCUT2D eigenvalue weighted by atomic mass is 79.9. The zero-order chi connectivity index (χ0) is 22.9. The Balaban J connectivity index is 1.60. The fraction of sp³-hybridized carbons (Fsp3) is 0.115. The molecule has 164 valence electrons. The topological polar surface area (TPSA) is 71.8 Å². The van der Waals surface area contributed by atoms with E-state index in [-0.39, 0.29) is 5.91 Å². The van der Waals surface area contributed by atoms with Crippen LogP contribution >= 0.6 is 15.9 Å². The van der Waals surface area contributed by atoms with Crippen molar-refractivity contribution in [3.63, 3.8) is 0 Å². The van der Waals surface area contributed by atoms with Crippen molar-refractivity contribution in [3.05, 3.63) is 106 Å². The molecular formula is C26H22BrN5O. The normalized spacial score (nSPS) is 15.1. The first-order valence-corrected chi connectivity index (χ1v) is 11.4. The first kappa shape index (κ1) is 21.2. The number of nitrogens with zero attached hydrogens (tertiary/aromatic N) is 3. The monoisotopic (exact) mass is 499 g/mol. The average Bonchev–Trinajstić information content (AvgIpc) is 3.23. The van der Waals surface area contributed by atoms with Gasteiger partial charge in [-0.05, 0) is 43.7 Å². The van der Waals surface area contributed by atoms with Gasteiger partial charge in [-0.3, -0.25) is 4.79 Å². The van der Waals surface area contributed by atoms with Gasteiger partial charge < -0.3 is 10.6 Å². The van der Waals surface area contributed by atoms with Crippen LogP contribution in [-0.4, -0.2) is 20.7 Å². The molecule has 0 spiro atoms. The molecular weight excluding hydrogens is 478 g/mol. The summed E-state index contributed by atoms with van der Waals surface area (Å²) in [6.45, 7) is 3.95. The second-order valence-electron chi connectivity index (χ2n) is 8.01. The zero-order valence-corrected chi connectivity index (χ0v) is 19.8. The van der Waals surface area contributed by atoms with Crippen LogP contribution in [0.5, 0.6) is 0 Å². The lowest BCUT2D eigenvalue weighted by atomic mass is 9.95. The van der Waals surface area contributed by atoms with Crippen molar-refractivity contribution in [2.45, 2.75) is 19.9 Å². The van der Waals surface area contributed by atoms with E-state index in [1.807, 2.05) is 92.7 Å². The number of benzene rings is 3. The maximum Gasteiger partial charge on any atom is 0.255 e. The number of hydrogen-bond donors (Lipinski definition) is 2. The number of carbonyl (C=O) groups is 1. The maximum atomic E-state index is 13.5. The molecule has 3 aromatic carbocycles. The highest BCUT2D eigenvalue weighted by Crippen LogP contribution is 2.37. The Kier molecular flexibility index (Phi) is 5.56. The quantitative estimate of drug-likeness (QED) is 0.364. The van der Waals surface area contributed by atoms with Crippen molar-refractivity contribution in [2.75, 3.05) is 10.6 Å². The minimum Gasteiger partial charge on any atom is -0.328 e. The van der Waals surface area contributed by atoms with Crippen LogP contribution in [0, 0.1) is 6.92 Å². The molecule has 1 atom stereocenters. The lowest BCUT2D eigenvalue weighted by Crippen LogP contribution is -2.31. The molecule has 0 radical (unpaired) electrons. The zero-order valence-electron chi connectivity index (χ0n) is 18.2. The molecule has 33 heavy (non-hydrogen) atoms. The van der Waals surface area contributed by atoms with Gasteiger partial charge >= 0.3 is 0 Å². The number of amides is 1. The summed E-state index contributed by atoms with van der Waals surface area (Å²) >= 11 is 3.50. The van der Waals surface area contributed by atoms with E-state index in [0.29, 0.717) is 17.3 Å². The standard InChI is InChI=1S/C26H22BrN5O/c1-16-8-10-19(11-9-16)24-30-26-28-17(2)22(25(33)29-21-6-4-3-5-7-21)23(32(26)31-24)18-12-14-20(27)15-13-18/h3-15,23H,1-2H3,(H,29,33)(H,28,30,31). The smallest absolute Gasteiger partial charge is 0.255 e. The van der Waals surface area contributed by atoms with E-state index < -0.39 is 6.04 Å². The molecule has 0 saturated heterocycles. The molecule has 0 aliphatic carbocycles. The summed E-state index contributed by atoms with van der Waals surface area (Å²) in [5, 5.41) is 11.1. The Hall–Kier alpha value is -3.71. The fourth-order valence-corrected chi connectivity index (χ4v) is 4.21. The Labute approximate surface area is 200 Å². The van der Waals surface area contributed by atoms with Gasteiger partial charge in [-0.1, -0.05) is 76.1 Å². The molecule has 1 aliphatic heterocycles. The van der Waals surface area contributed by atoms with Crippen LogP contribution < -0.4 is 10.6 Å². The number of rotatable bonds is 4. The molecule has 6 nitrogen and oxygen atoms in total. The number of fused-ring (bicyclic) bond motifs is 1. The minimum absolute atomic E-state index is 0.183. The second kappa shape index (κ2) is 8.67. The molecule has 0 bridgehead atoms. The summed E-state index contributed by atoms with van der Waals surface area (Å²) in [7, 11) is 0. The number of hydrogen-bond acceptors (Lipinski definition) is 4. The Morgan fingerprint density at radius 1 is 0.970 bits per heavy atom. The predicted octanol–water partition coefficient (Wildman–Crippen LogP) is 5.94. The van der Waals surface area contributed by atoms with E-state index in [2.05, 4.69) is 26.6 Å². The number of halogens is 1. The molecule has 1 aromatic heterocycles. The SMILES string of the molecule is CC1=C(C(=O)Nc2ccccc2)C(c2ccc(Br)cc2)n2nc(-c3ccc(C)cc3)nc2N1. The van der Waals surface area contributed by atoms with E-state index in [1.54, 1.807) is 4.68 Å². The van der Waals surface area contributed by atoms with Gasteiger partial charge in [0.05, 0.1) is 5.57 Å². The van der Waals surface area contributed by atoms with Crippen molar-refractivity contribution in [2.24, 2.45) is 0 Å². The number of aromatic nitrogens is 3. The third kappa shape index (κ3) is 4.19. The van der Waals surface area contributed by atoms with Crippen LogP contribution in [0.1, 0.15) is 24.1 Å². The molecule has 1 amide bonds.